The number of nitro groups is 1. The van der Waals surface area contributed by atoms with E-state index in [1.807, 2.05) is 54.6 Å². The first-order chi connectivity index (χ1) is 18.5. The third-order valence-electron chi connectivity index (χ3n) is 6.54. The summed E-state index contributed by atoms with van der Waals surface area (Å²) in [5, 5.41) is 11.6. The van der Waals surface area contributed by atoms with Crippen LogP contribution in [0.5, 0.6) is 0 Å². The Labute approximate surface area is 216 Å². The smallest absolute Gasteiger partial charge is 0.269 e. The maximum atomic E-state index is 13.8. The van der Waals surface area contributed by atoms with Gasteiger partial charge in [-0.3, -0.25) is 24.3 Å². The van der Waals surface area contributed by atoms with Crippen molar-refractivity contribution in [3.8, 4) is 5.69 Å². The van der Waals surface area contributed by atoms with E-state index in [4.69, 9.17) is 4.98 Å². The minimum absolute atomic E-state index is 0.0908. The number of benzene rings is 4. The second-order valence-corrected chi connectivity index (χ2v) is 8.85. The van der Waals surface area contributed by atoms with E-state index < -0.39 is 4.92 Å². The molecular weight excluding hydrogens is 480 g/mol. The molecule has 8 nitrogen and oxygen atoms in total. The Kier molecular flexibility index (Phi) is 5.61. The number of nitro benzene ring substituents is 1. The molecule has 1 aliphatic rings. The highest BCUT2D eigenvalue weighted by Gasteiger charge is 2.32. The highest BCUT2D eigenvalue weighted by atomic mass is 16.6. The Hall–Kier alpha value is -5.37. The van der Waals surface area contributed by atoms with Crippen LogP contribution >= 0.6 is 0 Å². The third-order valence-corrected chi connectivity index (χ3v) is 6.54. The maximum Gasteiger partial charge on any atom is 0.269 e. The summed E-state index contributed by atoms with van der Waals surface area (Å²) in [6, 6.07) is 29.9. The molecule has 0 atom stereocenters. The molecular formula is C30H20N4O4. The van der Waals surface area contributed by atoms with Crippen LogP contribution < -0.4 is 10.5 Å². The van der Waals surface area contributed by atoms with E-state index in [9.17, 15) is 19.7 Å². The van der Waals surface area contributed by atoms with Crippen molar-refractivity contribution in [2.75, 3.05) is 4.90 Å². The van der Waals surface area contributed by atoms with Gasteiger partial charge >= 0.3 is 0 Å². The van der Waals surface area contributed by atoms with Gasteiger partial charge in [0, 0.05) is 17.7 Å². The molecule has 6 rings (SSSR count). The van der Waals surface area contributed by atoms with Gasteiger partial charge in [0.15, 0.2) is 0 Å². The quantitative estimate of drug-likeness (QED) is 0.183. The molecule has 0 saturated heterocycles. The molecule has 0 radical (unpaired) electrons. The first kappa shape index (κ1) is 23.1. The molecule has 0 aliphatic carbocycles. The van der Waals surface area contributed by atoms with Crippen molar-refractivity contribution < 1.29 is 9.72 Å². The summed E-state index contributed by atoms with van der Waals surface area (Å²) >= 11 is 0. The highest BCUT2D eigenvalue weighted by molar-refractivity contribution is 6.35. The van der Waals surface area contributed by atoms with Crippen molar-refractivity contribution in [2.45, 2.75) is 6.54 Å². The van der Waals surface area contributed by atoms with E-state index in [0.717, 1.165) is 16.8 Å². The number of carbonyl (C=O) groups excluding carboxylic acids is 1. The van der Waals surface area contributed by atoms with Crippen molar-refractivity contribution in [3.63, 3.8) is 0 Å². The molecule has 0 bridgehead atoms. The van der Waals surface area contributed by atoms with Crippen LogP contribution in [0.2, 0.25) is 0 Å². The molecule has 1 aliphatic heterocycles. The van der Waals surface area contributed by atoms with Gasteiger partial charge in [-0.2, -0.15) is 0 Å². The van der Waals surface area contributed by atoms with E-state index in [0.29, 0.717) is 28.7 Å². The fourth-order valence-corrected chi connectivity index (χ4v) is 4.72. The lowest BCUT2D eigenvalue weighted by Crippen LogP contribution is -2.26. The molecule has 0 spiro atoms. The molecule has 184 valence electrons. The van der Waals surface area contributed by atoms with Crippen molar-refractivity contribution in [2.24, 2.45) is 0 Å². The number of aromatic nitrogens is 2. The van der Waals surface area contributed by atoms with E-state index in [2.05, 4.69) is 0 Å². The summed E-state index contributed by atoms with van der Waals surface area (Å²) in [5.74, 6) is 0.0509. The fraction of sp³-hybridized carbons (Fsp3) is 0.0333. The van der Waals surface area contributed by atoms with E-state index in [1.165, 1.54) is 28.8 Å². The predicted molar refractivity (Wildman–Crippen MR) is 146 cm³/mol. The number of hydrogen-bond acceptors (Lipinski definition) is 5. The molecule has 2 heterocycles. The molecule has 1 amide bonds. The normalized spacial score (nSPS) is 13.7. The monoisotopic (exact) mass is 500 g/mol. The van der Waals surface area contributed by atoms with E-state index in [-0.39, 0.29) is 23.0 Å². The average molecular weight is 501 g/mol. The van der Waals surface area contributed by atoms with Gasteiger partial charge in [-0.25, -0.2) is 4.98 Å². The van der Waals surface area contributed by atoms with Gasteiger partial charge in [-0.15, -0.1) is 0 Å². The minimum atomic E-state index is -0.496. The van der Waals surface area contributed by atoms with Gasteiger partial charge in [0.1, 0.15) is 5.82 Å². The van der Waals surface area contributed by atoms with Crippen molar-refractivity contribution >= 4 is 39.8 Å². The zero-order valence-corrected chi connectivity index (χ0v) is 20.0. The van der Waals surface area contributed by atoms with E-state index in [1.54, 1.807) is 35.2 Å². The zero-order valence-electron chi connectivity index (χ0n) is 20.0. The van der Waals surface area contributed by atoms with Crippen molar-refractivity contribution in [1.82, 2.24) is 9.55 Å². The van der Waals surface area contributed by atoms with Gasteiger partial charge in [0.25, 0.3) is 17.2 Å². The fourth-order valence-electron chi connectivity index (χ4n) is 4.72. The first-order valence-electron chi connectivity index (χ1n) is 11.9. The summed E-state index contributed by atoms with van der Waals surface area (Å²) < 4.78 is 1.38. The number of non-ortho nitro benzene ring substituents is 1. The Morgan fingerprint density at radius 2 is 1.50 bits per heavy atom. The molecule has 0 unspecified atom stereocenters. The van der Waals surface area contributed by atoms with Crippen LogP contribution in [-0.2, 0) is 11.3 Å². The second-order valence-electron chi connectivity index (χ2n) is 8.85. The van der Waals surface area contributed by atoms with Crippen LogP contribution in [0.1, 0.15) is 17.0 Å². The molecule has 0 saturated carbocycles. The summed E-state index contributed by atoms with van der Waals surface area (Å²) in [5.41, 5.74) is 3.39. The summed E-state index contributed by atoms with van der Waals surface area (Å²) in [6.07, 6.45) is 1.63. The average Bonchev–Trinajstić information content (AvgIpc) is 3.20. The number of para-hydroxylation sites is 2. The number of rotatable bonds is 5. The number of amides is 1. The minimum Gasteiger partial charge on any atom is -0.303 e. The number of anilines is 1. The van der Waals surface area contributed by atoms with Gasteiger partial charge in [-0.05, 0) is 42.0 Å². The Bertz CT molecular complexity index is 1810. The molecule has 4 aromatic carbocycles. The molecule has 0 N–H and O–H groups in total. The van der Waals surface area contributed by atoms with Gasteiger partial charge in [0.2, 0.25) is 0 Å². The maximum absolute atomic E-state index is 13.8. The topological polar surface area (TPSA) is 98.3 Å². The van der Waals surface area contributed by atoms with Crippen LogP contribution in [0.3, 0.4) is 0 Å². The van der Waals surface area contributed by atoms with Crippen LogP contribution in [0.4, 0.5) is 11.4 Å². The molecule has 8 heteroatoms. The largest absolute Gasteiger partial charge is 0.303 e. The van der Waals surface area contributed by atoms with Crippen LogP contribution in [0, 0.1) is 10.1 Å². The molecule has 0 fully saturated rings. The standard InChI is InChI=1S/C30H20N4O4/c35-29-25(23-10-5-7-13-27(23)32(29)19-20-8-2-1-3-9-20)18-28-31-26-12-6-4-11-24(26)30(36)33(28)21-14-16-22(17-15-21)34(37)38/h1-18H,19H2. The van der Waals surface area contributed by atoms with Gasteiger partial charge < -0.3 is 4.90 Å². The molecule has 38 heavy (non-hydrogen) atoms. The van der Waals surface area contributed by atoms with Gasteiger partial charge in [-0.1, -0.05) is 60.7 Å². The second kappa shape index (κ2) is 9.25. The molecule has 5 aromatic rings. The van der Waals surface area contributed by atoms with Crippen LogP contribution in [-0.4, -0.2) is 20.4 Å². The third kappa shape index (κ3) is 3.94. The lowest BCUT2D eigenvalue weighted by molar-refractivity contribution is -0.384. The van der Waals surface area contributed by atoms with Crippen LogP contribution in [0.25, 0.3) is 28.2 Å². The van der Waals surface area contributed by atoms with Gasteiger partial charge in [0.05, 0.1) is 39.3 Å². The first-order valence-corrected chi connectivity index (χ1v) is 11.9. The predicted octanol–water partition coefficient (Wildman–Crippen LogP) is 5.38. The number of nitrogens with zero attached hydrogens (tertiary/aromatic N) is 4. The Morgan fingerprint density at radius 1 is 0.816 bits per heavy atom. The number of fused-ring (bicyclic) bond motifs is 2. The van der Waals surface area contributed by atoms with Crippen molar-refractivity contribution in [3.05, 3.63) is 141 Å². The van der Waals surface area contributed by atoms with Crippen molar-refractivity contribution in [1.29, 1.82) is 0 Å². The summed E-state index contributed by atoms with van der Waals surface area (Å²) in [4.78, 5) is 44.5. The van der Waals surface area contributed by atoms with Crippen LogP contribution in [0.15, 0.2) is 108 Å². The SMILES string of the molecule is O=C1C(=Cc2nc3ccccc3c(=O)n2-c2ccc([N+](=O)[O-])cc2)c2ccccc2N1Cc1ccccc1. The zero-order chi connectivity index (χ0) is 26.2. The Balaban J connectivity index is 1.54. The highest BCUT2D eigenvalue weighted by Crippen LogP contribution is 2.38. The lowest BCUT2D eigenvalue weighted by Gasteiger charge is -2.17. The van der Waals surface area contributed by atoms with E-state index >= 15 is 0 Å². The number of hydrogen-bond donors (Lipinski definition) is 0. The number of carbonyl (C=O) groups is 1. The Morgan fingerprint density at radius 3 is 2.26 bits per heavy atom. The lowest BCUT2D eigenvalue weighted by atomic mass is 10.1. The molecule has 1 aromatic heterocycles. The summed E-state index contributed by atoms with van der Waals surface area (Å²) in [6.45, 7) is 0.397. The summed E-state index contributed by atoms with van der Waals surface area (Å²) in [7, 11) is 0.